The van der Waals surface area contributed by atoms with Crippen molar-refractivity contribution in [3.05, 3.63) is 61.2 Å². The van der Waals surface area contributed by atoms with E-state index in [1.807, 2.05) is 41.4 Å². The summed E-state index contributed by atoms with van der Waals surface area (Å²) in [5.74, 6) is -0.994. The van der Waals surface area contributed by atoms with Gasteiger partial charge >= 0.3 is 0 Å². The molecule has 2 aliphatic rings. The van der Waals surface area contributed by atoms with Crippen molar-refractivity contribution >= 4 is 5.91 Å². The molecule has 2 heterocycles. The summed E-state index contributed by atoms with van der Waals surface area (Å²) in [7, 11) is 1.70. The van der Waals surface area contributed by atoms with Gasteiger partial charge in [-0.25, -0.2) is 5.01 Å². The van der Waals surface area contributed by atoms with Gasteiger partial charge in [-0.1, -0.05) is 43.0 Å². The van der Waals surface area contributed by atoms with Crippen LogP contribution in [0.3, 0.4) is 0 Å². The minimum absolute atomic E-state index is 0.124. The Morgan fingerprint density at radius 2 is 2.07 bits per heavy atom. The molecule has 2 aliphatic heterocycles. The molecule has 0 aliphatic carbocycles. The standard InChI is InChI=1S/C23H32N2O4/c1-4-10-20(17-23(28-15-16-29-23)19-11-7-6-8-12-19)25(22(26)5-2)24-14-9-13-21(24)18-27-3/h4-8,11-12,20-21H,1-2,9-10,13-18H2,3H3/t20-,21+/m1/s1. The van der Waals surface area contributed by atoms with Crippen molar-refractivity contribution < 1.29 is 19.0 Å². The largest absolute Gasteiger partial charge is 0.383 e. The first-order chi connectivity index (χ1) is 14.1. The number of amides is 1. The van der Waals surface area contributed by atoms with Crippen molar-refractivity contribution in [2.24, 2.45) is 0 Å². The molecule has 0 N–H and O–H groups in total. The summed E-state index contributed by atoms with van der Waals surface area (Å²) in [5.41, 5.74) is 0.965. The number of benzene rings is 1. The molecule has 1 amide bonds. The van der Waals surface area contributed by atoms with Gasteiger partial charge in [0, 0.05) is 25.6 Å². The minimum Gasteiger partial charge on any atom is -0.383 e. The fourth-order valence-electron chi connectivity index (χ4n) is 4.40. The van der Waals surface area contributed by atoms with Gasteiger partial charge in [0.2, 0.25) is 0 Å². The average Bonchev–Trinajstić information content (AvgIpc) is 3.40. The van der Waals surface area contributed by atoms with Crippen LogP contribution in [0, 0.1) is 0 Å². The van der Waals surface area contributed by atoms with Crippen LogP contribution in [0.2, 0.25) is 0 Å². The predicted octanol–water partition coefficient (Wildman–Crippen LogP) is 3.26. The summed E-state index contributed by atoms with van der Waals surface area (Å²) < 4.78 is 17.7. The Morgan fingerprint density at radius 1 is 1.34 bits per heavy atom. The van der Waals surface area contributed by atoms with Crippen molar-refractivity contribution in [1.82, 2.24) is 10.0 Å². The highest BCUT2D eigenvalue weighted by atomic mass is 16.7. The van der Waals surface area contributed by atoms with Gasteiger partial charge in [0.1, 0.15) is 0 Å². The average molecular weight is 401 g/mol. The maximum absolute atomic E-state index is 13.0. The molecule has 0 unspecified atom stereocenters. The summed E-state index contributed by atoms with van der Waals surface area (Å²) in [6, 6.07) is 9.95. The predicted molar refractivity (Wildman–Crippen MR) is 112 cm³/mol. The lowest BCUT2D eigenvalue weighted by molar-refractivity contribution is -0.196. The molecule has 2 fully saturated rings. The van der Waals surface area contributed by atoms with Crippen LogP contribution in [0.5, 0.6) is 0 Å². The third-order valence-corrected chi connectivity index (χ3v) is 5.64. The Bertz CT molecular complexity index is 687. The van der Waals surface area contributed by atoms with Gasteiger partial charge in [-0.05, 0) is 25.3 Å². The third kappa shape index (κ3) is 4.78. The Morgan fingerprint density at radius 3 is 2.69 bits per heavy atom. The summed E-state index contributed by atoms with van der Waals surface area (Å²) in [4.78, 5) is 13.0. The molecule has 0 spiro atoms. The number of rotatable bonds is 10. The normalized spacial score (nSPS) is 22.3. The highest BCUT2D eigenvalue weighted by molar-refractivity contribution is 5.87. The van der Waals surface area contributed by atoms with Crippen LogP contribution in [0.4, 0.5) is 0 Å². The van der Waals surface area contributed by atoms with Crippen LogP contribution in [0.15, 0.2) is 55.6 Å². The summed E-state index contributed by atoms with van der Waals surface area (Å²) in [6.07, 6.45) is 6.38. The molecule has 0 aromatic heterocycles. The molecule has 1 aromatic rings. The Hall–Kier alpha value is -1.99. The Kier molecular flexibility index (Phi) is 7.61. The number of hydrogen-bond acceptors (Lipinski definition) is 5. The number of carbonyl (C=O) groups excluding carboxylic acids is 1. The molecule has 6 heteroatoms. The van der Waals surface area contributed by atoms with Gasteiger partial charge in [0.15, 0.2) is 5.79 Å². The van der Waals surface area contributed by atoms with Gasteiger partial charge in [0.05, 0.1) is 31.9 Å². The summed E-state index contributed by atoms with van der Waals surface area (Å²) in [5, 5.41) is 3.97. The van der Waals surface area contributed by atoms with Gasteiger partial charge in [-0.3, -0.25) is 9.80 Å². The zero-order chi connectivity index (χ0) is 20.7. The first-order valence-corrected chi connectivity index (χ1v) is 10.3. The second-order valence-corrected chi connectivity index (χ2v) is 7.50. The lowest BCUT2D eigenvalue weighted by Gasteiger charge is -2.43. The number of methoxy groups -OCH3 is 1. The molecule has 158 valence electrons. The van der Waals surface area contributed by atoms with E-state index in [0.29, 0.717) is 32.7 Å². The van der Waals surface area contributed by atoms with Gasteiger partial charge in [-0.2, -0.15) is 0 Å². The first-order valence-electron chi connectivity index (χ1n) is 10.3. The van der Waals surface area contributed by atoms with E-state index in [9.17, 15) is 4.79 Å². The molecule has 6 nitrogen and oxygen atoms in total. The number of ether oxygens (including phenoxy) is 3. The monoisotopic (exact) mass is 400 g/mol. The molecule has 0 saturated carbocycles. The lowest BCUT2D eigenvalue weighted by atomic mass is 9.95. The van der Waals surface area contributed by atoms with Crippen molar-refractivity contribution in [3.8, 4) is 0 Å². The fourth-order valence-corrected chi connectivity index (χ4v) is 4.40. The van der Waals surface area contributed by atoms with E-state index in [4.69, 9.17) is 14.2 Å². The van der Waals surface area contributed by atoms with Crippen molar-refractivity contribution in [2.45, 2.75) is 43.6 Å². The van der Waals surface area contributed by atoms with Crippen LogP contribution < -0.4 is 0 Å². The van der Waals surface area contributed by atoms with E-state index >= 15 is 0 Å². The molecule has 29 heavy (non-hydrogen) atoms. The van der Waals surface area contributed by atoms with Crippen LogP contribution in [0.1, 0.15) is 31.2 Å². The number of nitrogens with zero attached hydrogens (tertiary/aromatic N) is 2. The SMILES string of the molecule is C=CC[C@H](CC1(c2ccccc2)OCCO1)N(C(=O)C=C)N1CCC[C@H]1COC. The van der Waals surface area contributed by atoms with E-state index in [0.717, 1.165) is 24.9 Å². The highest BCUT2D eigenvalue weighted by Gasteiger charge is 2.44. The van der Waals surface area contributed by atoms with Gasteiger partial charge in [0.25, 0.3) is 5.91 Å². The fraction of sp³-hybridized carbons (Fsp3) is 0.522. The smallest absolute Gasteiger partial charge is 0.260 e. The quantitative estimate of drug-likeness (QED) is 0.446. The van der Waals surface area contributed by atoms with Crippen molar-refractivity contribution in [1.29, 1.82) is 0 Å². The van der Waals surface area contributed by atoms with Crippen molar-refractivity contribution in [2.75, 3.05) is 33.5 Å². The third-order valence-electron chi connectivity index (χ3n) is 5.64. The van der Waals surface area contributed by atoms with Crippen LogP contribution in [-0.4, -0.2) is 61.5 Å². The van der Waals surface area contributed by atoms with Crippen LogP contribution >= 0.6 is 0 Å². The van der Waals surface area contributed by atoms with E-state index in [2.05, 4.69) is 18.2 Å². The number of hydrazine groups is 1. The second kappa shape index (κ2) is 10.2. The lowest BCUT2D eigenvalue weighted by Crippen LogP contribution is -2.56. The number of carbonyl (C=O) groups is 1. The minimum atomic E-state index is -0.870. The molecule has 2 atom stereocenters. The molecule has 0 radical (unpaired) electrons. The van der Waals surface area contributed by atoms with Crippen LogP contribution in [0.25, 0.3) is 0 Å². The maximum Gasteiger partial charge on any atom is 0.260 e. The summed E-state index contributed by atoms with van der Waals surface area (Å²) in [6.45, 7) is 10.1. The van der Waals surface area contributed by atoms with E-state index in [-0.39, 0.29) is 18.0 Å². The Balaban J connectivity index is 1.93. The van der Waals surface area contributed by atoms with Gasteiger partial charge in [-0.15, -0.1) is 6.58 Å². The van der Waals surface area contributed by atoms with E-state index in [1.165, 1.54) is 6.08 Å². The molecule has 0 bridgehead atoms. The number of hydrogen-bond donors (Lipinski definition) is 0. The molecule has 3 rings (SSSR count). The second-order valence-electron chi connectivity index (χ2n) is 7.50. The van der Waals surface area contributed by atoms with Gasteiger partial charge < -0.3 is 14.2 Å². The molecular weight excluding hydrogens is 368 g/mol. The first kappa shape index (κ1) is 21.7. The Labute approximate surface area is 173 Å². The highest BCUT2D eigenvalue weighted by Crippen LogP contribution is 2.38. The van der Waals surface area contributed by atoms with E-state index < -0.39 is 5.79 Å². The zero-order valence-corrected chi connectivity index (χ0v) is 17.3. The molecule has 1 aromatic carbocycles. The van der Waals surface area contributed by atoms with E-state index in [1.54, 1.807) is 7.11 Å². The van der Waals surface area contributed by atoms with Crippen LogP contribution in [-0.2, 0) is 24.8 Å². The molecule has 2 saturated heterocycles. The summed E-state index contributed by atoms with van der Waals surface area (Å²) >= 11 is 0. The zero-order valence-electron chi connectivity index (χ0n) is 17.3. The topological polar surface area (TPSA) is 51.2 Å². The molecular formula is C23H32N2O4. The van der Waals surface area contributed by atoms with Crippen molar-refractivity contribution in [3.63, 3.8) is 0 Å². The maximum atomic E-state index is 13.0.